The molecule has 0 aromatic heterocycles. The molecule has 0 atom stereocenters. The number of anilines is 2. The van der Waals surface area contributed by atoms with Gasteiger partial charge in [0.15, 0.2) is 0 Å². The monoisotopic (exact) mass is 1420 g/mol. The second-order valence-corrected chi connectivity index (χ2v) is 22.7. The van der Waals surface area contributed by atoms with Crippen LogP contribution in [-0.2, 0) is 99.8 Å². The van der Waals surface area contributed by atoms with E-state index in [-0.39, 0.29) is 91.0 Å². The molecule has 534 valence electrons. The number of aromatic hydroxyl groups is 1. The normalized spacial score (nSPS) is 11.3. The number of nitrogens with one attached hydrogen (secondary N) is 2. The summed E-state index contributed by atoms with van der Waals surface area (Å²) in [7, 11) is 0. The Morgan fingerprint density at radius 3 is 1.10 bits per heavy atom. The summed E-state index contributed by atoms with van der Waals surface area (Å²) in [6, 6.07) is 55.7. The lowest BCUT2D eigenvalue weighted by molar-refractivity contribution is -0.172. The molecule has 24 heteroatoms. The molecular formula is C79H70F6N2O16. The quantitative estimate of drug-likeness (QED) is 0.0142. The fourth-order valence-corrected chi connectivity index (χ4v) is 10.7. The van der Waals surface area contributed by atoms with Gasteiger partial charge >= 0.3 is 48.2 Å². The maximum Gasteiger partial charge on any atom is 0.416 e. The number of benzene rings is 9. The Hall–Kier alpha value is -12.1. The van der Waals surface area contributed by atoms with Gasteiger partial charge in [0.05, 0.1) is 61.8 Å². The Morgan fingerprint density at radius 1 is 0.369 bits per heavy atom. The molecule has 0 saturated heterocycles. The zero-order valence-corrected chi connectivity index (χ0v) is 56.1. The van der Waals surface area contributed by atoms with Gasteiger partial charge in [0.1, 0.15) is 31.3 Å². The van der Waals surface area contributed by atoms with Crippen LogP contribution < -0.4 is 15.4 Å². The number of esters is 6. The van der Waals surface area contributed by atoms with E-state index in [2.05, 4.69) is 10.6 Å². The first-order valence-corrected chi connectivity index (χ1v) is 32.2. The molecule has 2 amide bonds. The minimum Gasteiger partial charge on any atom is -0.506 e. The van der Waals surface area contributed by atoms with Gasteiger partial charge in [-0.25, -0.2) is 0 Å². The number of hydrogen-bond donors (Lipinski definition) is 3. The number of carbonyl (C=O) groups is 8. The van der Waals surface area contributed by atoms with Gasteiger partial charge in [-0.05, 0) is 138 Å². The highest BCUT2D eigenvalue weighted by Crippen LogP contribution is 2.37. The van der Waals surface area contributed by atoms with Crippen LogP contribution in [0.5, 0.6) is 11.5 Å². The van der Waals surface area contributed by atoms with Crippen molar-refractivity contribution in [1.82, 2.24) is 0 Å². The van der Waals surface area contributed by atoms with Gasteiger partial charge in [-0.15, -0.1) is 0 Å². The molecule has 0 aliphatic rings. The van der Waals surface area contributed by atoms with E-state index in [1.165, 1.54) is 60.7 Å². The highest BCUT2D eigenvalue weighted by molar-refractivity contribution is 6.11. The first-order chi connectivity index (χ1) is 49.4. The van der Waals surface area contributed by atoms with E-state index in [1.807, 2.05) is 30.3 Å². The van der Waals surface area contributed by atoms with Gasteiger partial charge in [-0.3, -0.25) is 38.4 Å². The number of amides is 2. The van der Waals surface area contributed by atoms with E-state index in [0.29, 0.717) is 33.4 Å². The first kappa shape index (κ1) is 76.7. The van der Waals surface area contributed by atoms with Crippen LogP contribution in [0.2, 0.25) is 0 Å². The largest absolute Gasteiger partial charge is 0.506 e. The third-order valence-corrected chi connectivity index (χ3v) is 15.9. The Balaban J connectivity index is 0.000000264. The van der Waals surface area contributed by atoms with E-state index in [1.54, 1.807) is 137 Å². The zero-order valence-electron chi connectivity index (χ0n) is 56.1. The molecule has 0 spiro atoms. The topological polar surface area (TPSA) is 245 Å². The SMILES string of the molecule is CCOC(=O)C(COC(=O)Cc1ccc(NC(=O)c2ccccc2-c2ccc(C(F)(F)F)cc2)c(O)c1)(C(=O)OCC)c1ccccc1.CCOC(=O)C(COC(=O)Cc1ccc(NC(=O)c2ccccc2-c2ccc(C(F)(F)F)cc2)c(OCc2ccccc2)c1)(C(=O)OCC)c1ccccc1. The fraction of sp³-hybridized carbons (Fsp3) is 0.215. The minimum atomic E-state index is -4.51. The van der Waals surface area contributed by atoms with Crippen molar-refractivity contribution in [3.05, 3.63) is 275 Å². The molecule has 18 nitrogen and oxygen atoms in total. The lowest BCUT2D eigenvalue weighted by Crippen LogP contribution is -2.50. The first-order valence-electron chi connectivity index (χ1n) is 32.2. The smallest absolute Gasteiger partial charge is 0.416 e. The van der Waals surface area contributed by atoms with Crippen LogP contribution in [0.1, 0.15) is 87.4 Å². The average molecular weight is 1420 g/mol. The summed E-state index contributed by atoms with van der Waals surface area (Å²) in [5.41, 5.74) is -1.59. The van der Waals surface area contributed by atoms with Crippen molar-refractivity contribution < 1.29 is 103 Å². The van der Waals surface area contributed by atoms with Crippen LogP contribution in [0.3, 0.4) is 0 Å². The van der Waals surface area contributed by atoms with Crippen LogP contribution >= 0.6 is 0 Å². The van der Waals surface area contributed by atoms with Crippen LogP contribution in [0, 0.1) is 0 Å². The van der Waals surface area contributed by atoms with Gasteiger partial charge < -0.3 is 48.9 Å². The van der Waals surface area contributed by atoms with Crippen molar-refractivity contribution in [1.29, 1.82) is 0 Å². The molecule has 0 saturated carbocycles. The average Bonchev–Trinajstić information content (AvgIpc) is 0.785. The number of hydrogen-bond acceptors (Lipinski definition) is 16. The van der Waals surface area contributed by atoms with Crippen molar-refractivity contribution >= 4 is 59.0 Å². The summed E-state index contributed by atoms with van der Waals surface area (Å²) >= 11 is 0. The van der Waals surface area contributed by atoms with Gasteiger partial charge in [0, 0.05) is 11.1 Å². The summed E-state index contributed by atoms with van der Waals surface area (Å²) in [5, 5.41) is 16.1. The standard InChI is InChI=1S/C43H38F3NO8.C36H32F3NO8/c1-3-52-40(50)42(41(51)53-4-2,32-15-9-6-10-16-32)28-55-38(48)26-30-19-24-36(37(25-30)54-27-29-13-7-5-8-14-29)47-39(49)35-18-12-11-17-34(35)31-20-22-33(23-21-31)43(44,45)46;1-3-46-33(44)35(34(45)47-4-2,25-10-6-5-7-11-25)22-48-31(42)21-23-14-19-29(30(41)20-23)40-32(43)28-13-9-8-12-27(28)24-15-17-26(18-16-24)36(37,38)39/h5-25H,3-4,26-28H2,1-2H3,(H,47,49);5-20,41H,3-4,21-22H2,1-2H3,(H,40,43). The number of phenols is 1. The number of carbonyl (C=O) groups excluding carboxylic acids is 8. The van der Waals surface area contributed by atoms with Gasteiger partial charge in [-0.1, -0.05) is 164 Å². The lowest BCUT2D eigenvalue weighted by atomic mass is 9.81. The van der Waals surface area contributed by atoms with Crippen LogP contribution in [-0.4, -0.2) is 92.4 Å². The molecule has 9 rings (SSSR count). The summed E-state index contributed by atoms with van der Waals surface area (Å²) in [6.07, 6.45) is -9.68. The summed E-state index contributed by atoms with van der Waals surface area (Å²) in [4.78, 5) is 106. The molecule has 0 aliphatic carbocycles. The molecule has 0 fully saturated rings. The molecular weight excluding hydrogens is 1350 g/mol. The van der Waals surface area contributed by atoms with Gasteiger partial charge in [0.25, 0.3) is 11.8 Å². The van der Waals surface area contributed by atoms with Crippen molar-refractivity contribution in [2.45, 2.75) is 70.3 Å². The third kappa shape index (κ3) is 19.5. The van der Waals surface area contributed by atoms with E-state index in [4.69, 9.17) is 33.2 Å². The molecule has 0 radical (unpaired) electrons. The lowest BCUT2D eigenvalue weighted by Gasteiger charge is -2.29. The Labute approximate surface area is 588 Å². The maximum atomic E-state index is 13.7. The molecule has 9 aromatic rings. The van der Waals surface area contributed by atoms with E-state index < -0.39 is 95.2 Å². The predicted molar refractivity (Wildman–Crippen MR) is 367 cm³/mol. The highest BCUT2D eigenvalue weighted by Gasteiger charge is 2.53. The summed E-state index contributed by atoms with van der Waals surface area (Å²) < 4.78 is 117. The third-order valence-electron chi connectivity index (χ3n) is 15.9. The van der Waals surface area contributed by atoms with Crippen LogP contribution in [0.15, 0.2) is 224 Å². The Morgan fingerprint density at radius 2 is 0.718 bits per heavy atom. The number of halogens is 6. The number of alkyl halides is 6. The van der Waals surface area contributed by atoms with Crippen molar-refractivity contribution in [2.24, 2.45) is 0 Å². The zero-order chi connectivity index (χ0) is 74.3. The fourth-order valence-electron chi connectivity index (χ4n) is 10.7. The molecule has 0 unspecified atom stereocenters. The summed E-state index contributed by atoms with van der Waals surface area (Å²) in [5.74, 6) is -6.70. The maximum absolute atomic E-state index is 13.7. The van der Waals surface area contributed by atoms with Crippen molar-refractivity contribution in [2.75, 3.05) is 50.3 Å². The molecule has 0 aliphatic heterocycles. The van der Waals surface area contributed by atoms with E-state index in [9.17, 15) is 69.8 Å². The number of ether oxygens (including phenoxy) is 7. The molecule has 103 heavy (non-hydrogen) atoms. The second-order valence-electron chi connectivity index (χ2n) is 22.7. The van der Waals surface area contributed by atoms with E-state index in [0.717, 1.165) is 29.8 Å². The number of phenolic OH excluding ortho intramolecular Hbond substituents is 1. The minimum absolute atomic E-state index is 0.00653. The van der Waals surface area contributed by atoms with Crippen molar-refractivity contribution in [3.8, 4) is 33.8 Å². The van der Waals surface area contributed by atoms with E-state index >= 15 is 0 Å². The molecule has 9 aromatic carbocycles. The number of rotatable bonds is 27. The molecule has 0 heterocycles. The Kier molecular flexibility index (Phi) is 26.3. The van der Waals surface area contributed by atoms with Crippen LogP contribution in [0.4, 0.5) is 37.7 Å². The van der Waals surface area contributed by atoms with Gasteiger partial charge in [0.2, 0.25) is 10.8 Å². The highest BCUT2D eigenvalue weighted by atomic mass is 19.4. The second kappa shape index (κ2) is 35.3. The van der Waals surface area contributed by atoms with Crippen LogP contribution in [0.25, 0.3) is 22.3 Å². The summed E-state index contributed by atoms with van der Waals surface area (Å²) in [6.45, 7) is 4.91. The Bertz CT molecular complexity index is 4400. The van der Waals surface area contributed by atoms with Crippen molar-refractivity contribution in [3.63, 3.8) is 0 Å². The van der Waals surface area contributed by atoms with Gasteiger partial charge in [-0.2, -0.15) is 26.3 Å². The molecule has 3 N–H and O–H groups in total. The predicted octanol–water partition coefficient (Wildman–Crippen LogP) is 14.8. The molecule has 0 bridgehead atoms.